The Morgan fingerprint density at radius 2 is 2.35 bits per heavy atom. The van der Waals surface area contributed by atoms with E-state index in [4.69, 9.17) is 0 Å². The van der Waals surface area contributed by atoms with Crippen LogP contribution >= 0.6 is 11.3 Å². The van der Waals surface area contributed by atoms with E-state index in [2.05, 4.69) is 15.3 Å². The summed E-state index contributed by atoms with van der Waals surface area (Å²) in [5.41, 5.74) is 1.72. The van der Waals surface area contributed by atoms with Gasteiger partial charge >= 0.3 is 0 Å². The monoisotopic (exact) mass is 373 g/mol. The van der Waals surface area contributed by atoms with Gasteiger partial charge in [-0.05, 0) is 32.9 Å². The predicted molar refractivity (Wildman–Crippen MR) is 98.8 cm³/mol. The summed E-state index contributed by atoms with van der Waals surface area (Å²) in [4.78, 5) is 23.7. The lowest BCUT2D eigenvalue weighted by atomic mass is 10.1. The zero-order chi connectivity index (χ0) is 18.3. The van der Waals surface area contributed by atoms with Gasteiger partial charge in [0.25, 0.3) is 5.91 Å². The summed E-state index contributed by atoms with van der Waals surface area (Å²) in [7, 11) is 0. The van der Waals surface area contributed by atoms with Crippen LogP contribution in [0.4, 0.5) is 4.39 Å². The molecule has 3 aromatic heterocycles. The Hall–Kier alpha value is -2.32. The first-order valence-corrected chi connectivity index (χ1v) is 9.54. The lowest BCUT2D eigenvalue weighted by Crippen LogP contribution is -2.46. The highest BCUT2D eigenvalue weighted by atomic mass is 32.1. The molecule has 6 nitrogen and oxygen atoms in total. The number of carbonyl (C=O) groups is 1. The summed E-state index contributed by atoms with van der Waals surface area (Å²) < 4.78 is 15.1. The Morgan fingerprint density at radius 3 is 3.08 bits per heavy atom. The first-order chi connectivity index (χ1) is 12.5. The smallest absolute Gasteiger partial charge is 0.273 e. The fraction of sp³-hybridized carbons (Fsp3) is 0.389. The maximum Gasteiger partial charge on any atom is 0.273 e. The fourth-order valence-corrected chi connectivity index (χ4v) is 4.23. The molecule has 4 heterocycles. The Morgan fingerprint density at radius 1 is 1.50 bits per heavy atom. The van der Waals surface area contributed by atoms with Crippen LogP contribution in [-0.2, 0) is 0 Å². The van der Waals surface area contributed by atoms with Crippen molar-refractivity contribution in [3.05, 3.63) is 41.4 Å². The van der Waals surface area contributed by atoms with Gasteiger partial charge < -0.3 is 10.2 Å². The number of amides is 1. The van der Waals surface area contributed by atoms with E-state index in [0.29, 0.717) is 16.3 Å². The standard InChI is InChI=1S/C18H20FN5OS/c1-11(2)24(13-3-5-20-8-13)18(25)14-10-26-17(22-14)15-9-21-16-7-12(19)4-6-23(15)16/h4,6-7,9-11,13,20H,3,5,8H2,1-2H3/t13-/m0/s1. The third-order valence-electron chi connectivity index (χ3n) is 4.64. The summed E-state index contributed by atoms with van der Waals surface area (Å²) in [6, 6.07) is 3.06. The van der Waals surface area contributed by atoms with Crippen LogP contribution in [0.15, 0.2) is 29.9 Å². The van der Waals surface area contributed by atoms with Gasteiger partial charge in [0.05, 0.1) is 6.20 Å². The van der Waals surface area contributed by atoms with Gasteiger partial charge in [0.1, 0.15) is 27.9 Å². The van der Waals surface area contributed by atoms with Gasteiger partial charge in [-0.1, -0.05) is 0 Å². The molecule has 1 aliphatic heterocycles. The van der Waals surface area contributed by atoms with Crippen LogP contribution in [0.25, 0.3) is 16.3 Å². The molecule has 1 N–H and O–H groups in total. The molecule has 8 heteroatoms. The van der Waals surface area contributed by atoms with E-state index in [1.165, 1.54) is 23.5 Å². The molecule has 26 heavy (non-hydrogen) atoms. The highest BCUT2D eigenvalue weighted by Gasteiger charge is 2.30. The van der Waals surface area contributed by atoms with Crippen molar-refractivity contribution in [1.29, 1.82) is 0 Å². The number of carbonyl (C=O) groups excluding carboxylic acids is 1. The average molecular weight is 373 g/mol. The maximum absolute atomic E-state index is 13.3. The molecule has 0 aliphatic carbocycles. The lowest BCUT2D eigenvalue weighted by Gasteiger charge is -2.31. The molecule has 1 saturated heterocycles. The van der Waals surface area contributed by atoms with Crippen molar-refractivity contribution in [3.63, 3.8) is 0 Å². The number of pyridine rings is 1. The SMILES string of the molecule is CC(C)N(C(=O)c1csc(-c2cnc3cc(F)ccn23)n1)[C@H]1CCNC1. The van der Waals surface area contributed by atoms with Gasteiger partial charge in [0.2, 0.25) is 0 Å². The minimum absolute atomic E-state index is 0.0453. The molecule has 0 saturated carbocycles. The topological polar surface area (TPSA) is 62.5 Å². The van der Waals surface area contributed by atoms with Crippen molar-refractivity contribution in [3.8, 4) is 10.7 Å². The van der Waals surface area contributed by atoms with Crippen molar-refractivity contribution < 1.29 is 9.18 Å². The second-order valence-corrected chi connectivity index (χ2v) is 7.57. The minimum Gasteiger partial charge on any atom is -0.331 e. The number of halogens is 1. The molecule has 1 atom stereocenters. The van der Waals surface area contributed by atoms with Crippen molar-refractivity contribution in [2.45, 2.75) is 32.4 Å². The highest BCUT2D eigenvalue weighted by molar-refractivity contribution is 7.13. The van der Waals surface area contributed by atoms with Crippen LogP contribution in [0.5, 0.6) is 0 Å². The van der Waals surface area contributed by atoms with E-state index >= 15 is 0 Å². The van der Waals surface area contributed by atoms with Gasteiger partial charge in [-0.25, -0.2) is 14.4 Å². The molecule has 1 amide bonds. The van der Waals surface area contributed by atoms with Crippen LogP contribution in [0.3, 0.4) is 0 Å². The number of nitrogens with zero attached hydrogens (tertiary/aromatic N) is 4. The number of imidazole rings is 1. The molecule has 4 rings (SSSR count). The molecule has 0 unspecified atom stereocenters. The molecule has 3 aromatic rings. The molecule has 0 bridgehead atoms. The third-order valence-corrected chi connectivity index (χ3v) is 5.50. The fourth-order valence-electron chi connectivity index (χ4n) is 3.43. The Bertz CT molecular complexity index is 944. The normalized spacial score (nSPS) is 17.3. The number of hydrogen-bond acceptors (Lipinski definition) is 5. The number of rotatable bonds is 4. The van der Waals surface area contributed by atoms with Gasteiger partial charge in [-0.3, -0.25) is 9.20 Å². The van der Waals surface area contributed by atoms with Gasteiger partial charge in [-0.15, -0.1) is 11.3 Å². The molecule has 1 fully saturated rings. The number of nitrogens with one attached hydrogen (secondary N) is 1. The number of hydrogen-bond donors (Lipinski definition) is 1. The molecular formula is C18H20FN5OS. The zero-order valence-corrected chi connectivity index (χ0v) is 15.5. The van der Waals surface area contributed by atoms with E-state index in [0.717, 1.165) is 25.2 Å². The van der Waals surface area contributed by atoms with Crippen LogP contribution in [0.1, 0.15) is 30.8 Å². The van der Waals surface area contributed by atoms with Gasteiger partial charge in [0.15, 0.2) is 0 Å². The quantitative estimate of drug-likeness (QED) is 0.764. The Balaban J connectivity index is 1.65. The van der Waals surface area contributed by atoms with Crippen LogP contribution in [0.2, 0.25) is 0 Å². The van der Waals surface area contributed by atoms with Gasteiger partial charge in [0, 0.05) is 36.3 Å². The molecule has 0 spiro atoms. The first kappa shape index (κ1) is 17.1. The highest BCUT2D eigenvalue weighted by Crippen LogP contribution is 2.26. The van der Waals surface area contributed by atoms with E-state index in [1.54, 1.807) is 22.2 Å². The van der Waals surface area contributed by atoms with Crippen molar-refractivity contribution >= 4 is 22.9 Å². The van der Waals surface area contributed by atoms with E-state index < -0.39 is 0 Å². The van der Waals surface area contributed by atoms with Gasteiger partial charge in [-0.2, -0.15) is 0 Å². The van der Waals surface area contributed by atoms with E-state index in [9.17, 15) is 9.18 Å². The van der Waals surface area contributed by atoms with Crippen LogP contribution in [-0.4, -0.2) is 50.3 Å². The van der Waals surface area contributed by atoms with E-state index in [1.807, 2.05) is 18.7 Å². The lowest BCUT2D eigenvalue weighted by molar-refractivity contribution is 0.0621. The van der Waals surface area contributed by atoms with Crippen molar-refractivity contribution in [2.75, 3.05) is 13.1 Å². The summed E-state index contributed by atoms with van der Waals surface area (Å²) in [5.74, 6) is -0.376. The van der Waals surface area contributed by atoms with Crippen LogP contribution in [0, 0.1) is 5.82 Å². The molecule has 0 aromatic carbocycles. The zero-order valence-electron chi connectivity index (χ0n) is 14.6. The maximum atomic E-state index is 13.3. The van der Waals surface area contributed by atoms with E-state index in [-0.39, 0.29) is 23.8 Å². The summed E-state index contributed by atoms with van der Waals surface area (Å²) in [5, 5.41) is 5.80. The number of thiazole rings is 1. The summed E-state index contributed by atoms with van der Waals surface area (Å²) >= 11 is 1.40. The minimum atomic E-state index is -0.331. The largest absolute Gasteiger partial charge is 0.331 e. The average Bonchev–Trinajstić information content (AvgIpc) is 3.34. The van der Waals surface area contributed by atoms with Crippen molar-refractivity contribution in [2.24, 2.45) is 0 Å². The molecule has 0 radical (unpaired) electrons. The van der Waals surface area contributed by atoms with Crippen molar-refractivity contribution in [1.82, 2.24) is 24.6 Å². The second kappa shape index (κ2) is 6.77. The number of aromatic nitrogens is 3. The number of fused-ring (bicyclic) bond motifs is 1. The summed E-state index contributed by atoms with van der Waals surface area (Å²) in [6.07, 6.45) is 4.24. The molecule has 136 valence electrons. The first-order valence-electron chi connectivity index (χ1n) is 8.66. The second-order valence-electron chi connectivity index (χ2n) is 6.71. The molecular weight excluding hydrogens is 353 g/mol. The third kappa shape index (κ3) is 2.99. The predicted octanol–water partition coefficient (Wildman–Crippen LogP) is 2.81. The Labute approximate surface area is 154 Å². The van der Waals surface area contributed by atoms with Crippen LogP contribution < -0.4 is 5.32 Å². The summed E-state index contributed by atoms with van der Waals surface area (Å²) in [6.45, 7) is 5.81. The Kier molecular flexibility index (Phi) is 4.46. The molecule has 1 aliphatic rings.